The largest absolute Gasteiger partial charge is 0.467 e. The van der Waals surface area contributed by atoms with E-state index in [1.165, 1.54) is 24.2 Å². The van der Waals surface area contributed by atoms with Crippen LogP contribution in [0, 0.1) is 0 Å². The molecule has 3 rings (SSSR count). The normalized spacial score (nSPS) is 15.6. The molecular formula is C15H18N2O2S. The Labute approximate surface area is 122 Å². The van der Waals surface area contributed by atoms with Crippen LogP contribution in [0.2, 0.25) is 0 Å². The molecule has 4 nitrogen and oxygen atoms in total. The Morgan fingerprint density at radius 2 is 2.20 bits per heavy atom. The molecule has 0 aliphatic heterocycles. The second-order valence-electron chi connectivity index (χ2n) is 5.16. The summed E-state index contributed by atoms with van der Waals surface area (Å²) in [5, 5.41) is 1.86. The van der Waals surface area contributed by atoms with Crippen molar-refractivity contribution in [3.8, 4) is 0 Å². The summed E-state index contributed by atoms with van der Waals surface area (Å²) in [5.41, 5.74) is 6.46. The minimum atomic E-state index is 0.0285. The smallest absolute Gasteiger partial charge is 0.266 e. The van der Waals surface area contributed by atoms with E-state index in [0.29, 0.717) is 23.2 Å². The van der Waals surface area contributed by atoms with Crippen LogP contribution in [0.1, 0.15) is 41.1 Å². The Hall–Kier alpha value is -1.75. The molecule has 0 saturated heterocycles. The summed E-state index contributed by atoms with van der Waals surface area (Å²) in [4.78, 5) is 15.3. The summed E-state index contributed by atoms with van der Waals surface area (Å²) in [7, 11) is 0. The van der Waals surface area contributed by atoms with E-state index in [0.717, 1.165) is 18.6 Å². The van der Waals surface area contributed by atoms with Crippen LogP contribution in [0.4, 0.5) is 5.69 Å². The first-order valence-corrected chi connectivity index (χ1v) is 7.80. The molecule has 0 radical (unpaired) electrons. The number of rotatable bonds is 4. The summed E-state index contributed by atoms with van der Waals surface area (Å²) < 4.78 is 5.40. The maximum Gasteiger partial charge on any atom is 0.266 e. The van der Waals surface area contributed by atoms with Gasteiger partial charge in [0.15, 0.2) is 0 Å². The van der Waals surface area contributed by atoms with E-state index >= 15 is 0 Å². The second kappa shape index (κ2) is 5.71. The molecule has 1 fully saturated rings. The highest BCUT2D eigenvalue weighted by Crippen LogP contribution is 2.29. The monoisotopic (exact) mass is 290 g/mol. The number of carbonyl (C=O) groups is 1. The maximum absolute atomic E-state index is 12.8. The standard InChI is InChI=1S/C15H18N2O2S/c16-13-7-9-20-14(13)15(18)17(11-4-1-2-5-11)10-12-6-3-8-19-12/h3,6-9,11H,1-2,4-5,10,16H2. The van der Waals surface area contributed by atoms with Gasteiger partial charge in [0.2, 0.25) is 0 Å². The molecule has 0 atom stereocenters. The fourth-order valence-electron chi connectivity index (χ4n) is 2.78. The predicted octanol–water partition coefficient (Wildman–Crippen LogP) is 3.51. The van der Waals surface area contributed by atoms with Gasteiger partial charge >= 0.3 is 0 Å². The molecule has 0 unspecified atom stereocenters. The summed E-state index contributed by atoms with van der Waals surface area (Å²) in [6.45, 7) is 0.522. The molecule has 2 aromatic rings. The zero-order valence-electron chi connectivity index (χ0n) is 11.2. The van der Waals surface area contributed by atoms with Gasteiger partial charge in [-0.15, -0.1) is 11.3 Å². The highest BCUT2D eigenvalue weighted by atomic mass is 32.1. The Kier molecular flexibility index (Phi) is 3.78. The molecule has 0 bridgehead atoms. The Bertz CT molecular complexity index is 570. The fraction of sp³-hybridized carbons (Fsp3) is 0.400. The number of amides is 1. The molecule has 2 aromatic heterocycles. The van der Waals surface area contributed by atoms with E-state index in [9.17, 15) is 4.79 Å². The van der Waals surface area contributed by atoms with Crippen molar-refractivity contribution in [1.82, 2.24) is 4.90 Å². The van der Waals surface area contributed by atoms with Gasteiger partial charge in [-0.05, 0) is 36.4 Å². The Morgan fingerprint density at radius 1 is 1.40 bits per heavy atom. The Balaban J connectivity index is 1.84. The van der Waals surface area contributed by atoms with Crippen LogP contribution >= 0.6 is 11.3 Å². The van der Waals surface area contributed by atoms with Crippen LogP contribution in [0.15, 0.2) is 34.3 Å². The first-order valence-electron chi connectivity index (χ1n) is 6.92. The molecule has 106 valence electrons. The van der Waals surface area contributed by atoms with E-state index in [1.807, 2.05) is 22.4 Å². The first kappa shape index (κ1) is 13.2. The van der Waals surface area contributed by atoms with Crippen LogP contribution in [0.25, 0.3) is 0 Å². The number of nitrogens with zero attached hydrogens (tertiary/aromatic N) is 1. The SMILES string of the molecule is Nc1ccsc1C(=O)N(Cc1ccco1)C1CCCC1. The third-order valence-electron chi connectivity index (χ3n) is 3.82. The molecule has 1 amide bonds. The van der Waals surface area contributed by atoms with Gasteiger partial charge in [-0.1, -0.05) is 12.8 Å². The number of furan rings is 1. The van der Waals surface area contributed by atoms with Crippen LogP contribution in [0.5, 0.6) is 0 Å². The first-order chi connectivity index (χ1) is 9.75. The van der Waals surface area contributed by atoms with Crippen LogP contribution in [-0.4, -0.2) is 16.8 Å². The van der Waals surface area contributed by atoms with E-state index in [1.54, 1.807) is 12.3 Å². The number of anilines is 1. The molecule has 0 aromatic carbocycles. The zero-order chi connectivity index (χ0) is 13.9. The average molecular weight is 290 g/mol. The third kappa shape index (κ3) is 2.58. The number of nitrogen functional groups attached to an aromatic ring is 1. The van der Waals surface area contributed by atoms with E-state index in [2.05, 4.69) is 0 Å². The third-order valence-corrected chi connectivity index (χ3v) is 4.74. The van der Waals surface area contributed by atoms with Gasteiger partial charge in [0.25, 0.3) is 5.91 Å². The van der Waals surface area contributed by atoms with Crippen LogP contribution < -0.4 is 5.73 Å². The second-order valence-corrected chi connectivity index (χ2v) is 6.07. The van der Waals surface area contributed by atoms with Crippen molar-refractivity contribution in [2.75, 3.05) is 5.73 Å². The molecule has 20 heavy (non-hydrogen) atoms. The minimum Gasteiger partial charge on any atom is -0.467 e. The van der Waals surface area contributed by atoms with E-state index in [-0.39, 0.29) is 5.91 Å². The van der Waals surface area contributed by atoms with Crippen molar-refractivity contribution in [3.05, 3.63) is 40.5 Å². The molecular weight excluding hydrogens is 272 g/mol. The van der Waals surface area contributed by atoms with Crippen LogP contribution in [-0.2, 0) is 6.54 Å². The zero-order valence-corrected chi connectivity index (χ0v) is 12.1. The lowest BCUT2D eigenvalue weighted by Crippen LogP contribution is -2.38. The highest BCUT2D eigenvalue weighted by molar-refractivity contribution is 7.12. The van der Waals surface area contributed by atoms with Crippen LogP contribution in [0.3, 0.4) is 0 Å². The minimum absolute atomic E-state index is 0.0285. The summed E-state index contributed by atoms with van der Waals surface area (Å²) >= 11 is 1.41. The highest BCUT2D eigenvalue weighted by Gasteiger charge is 2.29. The lowest BCUT2D eigenvalue weighted by molar-refractivity contribution is 0.0655. The van der Waals surface area contributed by atoms with E-state index in [4.69, 9.17) is 10.2 Å². The fourth-order valence-corrected chi connectivity index (χ4v) is 3.55. The lowest BCUT2D eigenvalue weighted by atomic mass is 10.2. The number of thiophene rings is 1. The van der Waals surface area contributed by atoms with Gasteiger partial charge in [0.05, 0.1) is 18.5 Å². The lowest BCUT2D eigenvalue weighted by Gasteiger charge is -2.28. The summed E-state index contributed by atoms with van der Waals surface area (Å²) in [6.07, 6.45) is 6.15. The van der Waals surface area contributed by atoms with Gasteiger partial charge in [-0.25, -0.2) is 0 Å². The molecule has 0 spiro atoms. The van der Waals surface area contributed by atoms with E-state index < -0.39 is 0 Å². The predicted molar refractivity (Wildman–Crippen MR) is 79.6 cm³/mol. The molecule has 1 aliphatic carbocycles. The van der Waals surface area contributed by atoms with Crippen molar-refractivity contribution in [2.45, 2.75) is 38.3 Å². The number of carbonyl (C=O) groups excluding carboxylic acids is 1. The molecule has 2 N–H and O–H groups in total. The van der Waals surface area contributed by atoms with Crippen molar-refractivity contribution >= 4 is 22.9 Å². The van der Waals surface area contributed by atoms with Crippen molar-refractivity contribution in [3.63, 3.8) is 0 Å². The number of hydrogen-bond acceptors (Lipinski definition) is 4. The number of nitrogens with two attached hydrogens (primary N) is 1. The number of hydrogen-bond donors (Lipinski definition) is 1. The topological polar surface area (TPSA) is 59.5 Å². The molecule has 2 heterocycles. The van der Waals surface area contributed by atoms with Gasteiger partial charge in [0, 0.05) is 6.04 Å². The Morgan fingerprint density at radius 3 is 2.80 bits per heavy atom. The van der Waals surface area contributed by atoms with Crippen molar-refractivity contribution in [2.24, 2.45) is 0 Å². The van der Waals surface area contributed by atoms with Gasteiger partial charge in [-0.3, -0.25) is 4.79 Å². The van der Waals surface area contributed by atoms with Crippen molar-refractivity contribution < 1.29 is 9.21 Å². The van der Waals surface area contributed by atoms with Crippen molar-refractivity contribution in [1.29, 1.82) is 0 Å². The van der Waals surface area contributed by atoms with Gasteiger partial charge in [-0.2, -0.15) is 0 Å². The molecule has 1 saturated carbocycles. The molecule has 1 aliphatic rings. The average Bonchev–Trinajstić information content (AvgIpc) is 3.17. The maximum atomic E-state index is 12.8. The summed E-state index contributed by atoms with van der Waals surface area (Å²) in [6, 6.07) is 5.85. The molecule has 5 heteroatoms. The van der Waals surface area contributed by atoms with Gasteiger partial charge in [0.1, 0.15) is 10.6 Å². The quantitative estimate of drug-likeness (QED) is 0.937. The summed E-state index contributed by atoms with van der Waals surface area (Å²) in [5.74, 6) is 0.848. The van der Waals surface area contributed by atoms with Gasteiger partial charge < -0.3 is 15.1 Å².